The second-order valence-corrected chi connectivity index (χ2v) is 5.54. The average Bonchev–Trinajstić information content (AvgIpc) is 2.48. The van der Waals surface area contributed by atoms with Crippen molar-refractivity contribution >= 4 is 23.6 Å². The third-order valence-electron chi connectivity index (χ3n) is 3.49. The van der Waals surface area contributed by atoms with Crippen LogP contribution in [0.4, 0.5) is 17.2 Å². The molecule has 0 bridgehead atoms. The number of anilines is 3. The number of carbonyl (C=O) groups is 1. The fourth-order valence-electron chi connectivity index (χ4n) is 2.25. The van der Waals surface area contributed by atoms with Gasteiger partial charge in [0.2, 0.25) is 6.41 Å². The molecule has 2 rings (SSSR count). The number of hydrogen-bond donors (Lipinski definition) is 1. The first kappa shape index (κ1) is 15.8. The molecule has 116 valence electrons. The molecule has 0 radical (unpaired) electrons. The average molecular weight is 299 g/mol. The summed E-state index contributed by atoms with van der Waals surface area (Å²) in [7, 11) is 1.89. The summed E-state index contributed by atoms with van der Waals surface area (Å²) in [5.41, 5.74) is 2.64. The van der Waals surface area contributed by atoms with Crippen molar-refractivity contribution in [2.24, 2.45) is 0 Å². The summed E-state index contributed by atoms with van der Waals surface area (Å²) in [5.74, 6) is 0.906. The quantitative estimate of drug-likeness (QED) is 0.861. The van der Waals surface area contributed by atoms with E-state index in [0.717, 1.165) is 23.3 Å². The molecule has 0 aliphatic rings. The number of phenols is 1. The fourth-order valence-corrected chi connectivity index (χ4v) is 2.25. The molecule has 0 aliphatic carbocycles. The largest absolute Gasteiger partial charge is 0.508 e. The highest BCUT2D eigenvalue weighted by atomic mass is 16.3. The van der Waals surface area contributed by atoms with Crippen molar-refractivity contribution in [3.8, 4) is 5.75 Å². The van der Waals surface area contributed by atoms with Crippen molar-refractivity contribution in [1.82, 2.24) is 4.98 Å². The van der Waals surface area contributed by atoms with Crippen molar-refractivity contribution in [3.05, 3.63) is 42.1 Å². The number of phenolic OH excluding ortho intramolecular Hbond substituents is 1. The third-order valence-corrected chi connectivity index (χ3v) is 3.49. The molecule has 0 atom stereocenters. The van der Waals surface area contributed by atoms with Crippen LogP contribution in [0.3, 0.4) is 0 Å². The van der Waals surface area contributed by atoms with Gasteiger partial charge in [-0.3, -0.25) is 4.79 Å². The number of aromatic hydroxyl groups is 1. The number of pyridine rings is 1. The number of benzene rings is 1. The van der Waals surface area contributed by atoms with Crippen LogP contribution in [0.2, 0.25) is 0 Å². The predicted octanol–water partition coefficient (Wildman–Crippen LogP) is 3.23. The summed E-state index contributed by atoms with van der Waals surface area (Å²) in [6.45, 7) is 5.87. The van der Waals surface area contributed by atoms with Gasteiger partial charge in [-0.25, -0.2) is 4.98 Å². The molecule has 0 fully saturated rings. The van der Waals surface area contributed by atoms with E-state index in [4.69, 9.17) is 0 Å². The second-order valence-electron chi connectivity index (χ2n) is 5.54. The minimum atomic E-state index is 0.0352. The lowest BCUT2D eigenvalue weighted by molar-refractivity contribution is -0.107. The maximum absolute atomic E-state index is 11.5. The van der Waals surface area contributed by atoms with Crippen molar-refractivity contribution in [2.45, 2.75) is 26.8 Å². The van der Waals surface area contributed by atoms with Gasteiger partial charge in [0.25, 0.3) is 0 Å². The Morgan fingerprint density at radius 3 is 2.41 bits per heavy atom. The molecule has 22 heavy (non-hydrogen) atoms. The molecular weight excluding hydrogens is 278 g/mol. The molecule has 1 aromatic heterocycles. The molecule has 0 aliphatic heterocycles. The zero-order chi connectivity index (χ0) is 16.3. The molecule has 1 heterocycles. The molecule has 1 amide bonds. The molecule has 0 unspecified atom stereocenters. The van der Waals surface area contributed by atoms with Crippen molar-refractivity contribution in [1.29, 1.82) is 0 Å². The number of rotatable bonds is 5. The first-order chi connectivity index (χ1) is 10.4. The molecule has 0 saturated heterocycles. The van der Waals surface area contributed by atoms with E-state index in [1.165, 1.54) is 0 Å². The highest BCUT2D eigenvalue weighted by Gasteiger charge is 2.18. The smallest absolute Gasteiger partial charge is 0.214 e. The van der Waals surface area contributed by atoms with E-state index in [1.54, 1.807) is 35.4 Å². The van der Waals surface area contributed by atoms with Crippen LogP contribution in [0.5, 0.6) is 5.75 Å². The molecule has 1 N–H and O–H groups in total. The van der Waals surface area contributed by atoms with E-state index in [9.17, 15) is 9.90 Å². The molecule has 1 aromatic carbocycles. The number of carbonyl (C=O) groups excluding carboxylic acids is 1. The second kappa shape index (κ2) is 6.47. The zero-order valence-electron chi connectivity index (χ0n) is 13.3. The Balaban J connectivity index is 2.50. The van der Waals surface area contributed by atoms with E-state index in [2.05, 4.69) is 4.98 Å². The lowest BCUT2D eigenvalue weighted by atomic mass is 10.2. The van der Waals surface area contributed by atoms with E-state index < -0.39 is 0 Å². The van der Waals surface area contributed by atoms with Crippen LogP contribution in [0.25, 0.3) is 0 Å². The maximum Gasteiger partial charge on any atom is 0.214 e. The standard InChI is InChI=1S/C17H21N3O2/c1-12(2)20(11-21)16-9-13(3)10-18-17(16)19(4)14-5-7-15(22)8-6-14/h5-12,22H,1-4H3. The van der Waals surface area contributed by atoms with Gasteiger partial charge in [0.1, 0.15) is 5.75 Å². The van der Waals surface area contributed by atoms with Gasteiger partial charge in [0.05, 0.1) is 5.69 Å². The van der Waals surface area contributed by atoms with Crippen molar-refractivity contribution in [2.75, 3.05) is 16.8 Å². The van der Waals surface area contributed by atoms with E-state index in [-0.39, 0.29) is 11.8 Å². The molecule has 0 spiro atoms. The lowest BCUT2D eigenvalue weighted by Gasteiger charge is -2.28. The van der Waals surface area contributed by atoms with Crippen LogP contribution in [0.1, 0.15) is 19.4 Å². The lowest BCUT2D eigenvalue weighted by Crippen LogP contribution is -2.31. The Morgan fingerprint density at radius 2 is 1.86 bits per heavy atom. The number of aryl methyl sites for hydroxylation is 1. The molecule has 2 aromatic rings. The van der Waals surface area contributed by atoms with Gasteiger partial charge in [-0.15, -0.1) is 0 Å². The van der Waals surface area contributed by atoms with Gasteiger partial charge < -0.3 is 14.9 Å². The summed E-state index contributed by atoms with van der Waals surface area (Å²) >= 11 is 0. The van der Waals surface area contributed by atoms with Gasteiger partial charge in [0, 0.05) is 25.0 Å². The van der Waals surface area contributed by atoms with Gasteiger partial charge in [-0.1, -0.05) is 0 Å². The van der Waals surface area contributed by atoms with Crippen LogP contribution < -0.4 is 9.80 Å². The summed E-state index contributed by atoms with van der Waals surface area (Å²) in [5, 5.41) is 9.41. The van der Waals surface area contributed by atoms with E-state index in [1.807, 2.05) is 38.8 Å². The summed E-state index contributed by atoms with van der Waals surface area (Å²) in [4.78, 5) is 19.5. The highest BCUT2D eigenvalue weighted by molar-refractivity contribution is 5.85. The third kappa shape index (κ3) is 3.19. The number of hydrogen-bond acceptors (Lipinski definition) is 4. The van der Waals surface area contributed by atoms with Crippen molar-refractivity contribution in [3.63, 3.8) is 0 Å². The predicted molar refractivity (Wildman–Crippen MR) is 88.8 cm³/mol. The number of nitrogens with zero attached hydrogens (tertiary/aromatic N) is 3. The summed E-state index contributed by atoms with van der Waals surface area (Å²) in [6, 6.07) is 8.85. The van der Waals surface area contributed by atoms with E-state index in [0.29, 0.717) is 5.82 Å². The zero-order valence-corrected chi connectivity index (χ0v) is 13.3. The maximum atomic E-state index is 11.5. The van der Waals surface area contributed by atoms with Gasteiger partial charge in [-0.2, -0.15) is 0 Å². The number of amides is 1. The molecule has 5 heteroatoms. The first-order valence-electron chi connectivity index (χ1n) is 7.17. The minimum Gasteiger partial charge on any atom is -0.508 e. The van der Waals surface area contributed by atoms with Crippen LogP contribution in [-0.4, -0.2) is 29.6 Å². The Kier molecular flexibility index (Phi) is 4.65. The Labute approximate surface area is 130 Å². The SMILES string of the molecule is Cc1cnc(N(C)c2ccc(O)cc2)c(N(C=O)C(C)C)c1. The monoisotopic (exact) mass is 299 g/mol. The van der Waals surface area contributed by atoms with Gasteiger partial charge >= 0.3 is 0 Å². The Bertz CT molecular complexity index is 653. The van der Waals surface area contributed by atoms with Gasteiger partial charge in [0.15, 0.2) is 5.82 Å². The molecule has 0 saturated carbocycles. The first-order valence-corrected chi connectivity index (χ1v) is 7.17. The van der Waals surface area contributed by atoms with E-state index >= 15 is 0 Å². The highest BCUT2D eigenvalue weighted by Crippen LogP contribution is 2.33. The van der Waals surface area contributed by atoms with Gasteiger partial charge in [-0.05, 0) is 56.7 Å². The molecular formula is C17H21N3O2. The Hall–Kier alpha value is -2.56. The Morgan fingerprint density at radius 1 is 1.23 bits per heavy atom. The van der Waals surface area contributed by atoms with Crippen LogP contribution in [-0.2, 0) is 4.79 Å². The van der Waals surface area contributed by atoms with Crippen LogP contribution >= 0.6 is 0 Å². The van der Waals surface area contributed by atoms with Crippen LogP contribution in [0, 0.1) is 6.92 Å². The van der Waals surface area contributed by atoms with Crippen LogP contribution in [0.15, 0.2) is 36.5 Å². The number of aromatic nitrogens is 1. The normalized spacial score (nSPS) is 10.6. The summed E-state index contributed by atoms with van der Waals surface area (Å²) in [6.07, 6.45) is 2.61. The molecule has 5 nitrogen and oxygen atoms in total. The minimum absolute atomic E-state index is 0.0352. The topological polar surface area (TPSA) is 56.7 Å². The van der Waals surface area contributed by atoms with Crippen molar-refractivity contribution < 1.29 is 9.90 Å². The summed E-state index contributed by atoms with van der Waals surface area (Å²) < 4.78 is 0. The fraction of sp³-hybridized carbons (Fsp3) is 0.294.